The molecular weight excluding hydrogens is 268 g/mol. The van der Waals surface area contributed by atoms with E-state index in [0.717, 1.165) is 23.3 Å². The summed E-state index contributed by atoms with van der Waals surface area (Å²) in [6.45, 7) is 2.81. The van der Waals surface area contributed by atoms with E-state index in [9.17, 15) is 0 Å². The van der Waals surface area contributed by atoms with Crippen molar-refractivity contribution in [2.45, 2.75) is 44.7 Å². The number of ether oxygens (including phenoxy) is 1. The summed E-state index contributed by atoms with van der Waals surface area (Å²) in [5.74, 6) is 1.90. The number of aliphatic imine (C=N–C) groups is 1. The normalized spacial score (nSPS) is 24.8. The summed E-state index contributed by atoms with van der Waals surface area (Å²) in [5, 5.41) is 4.68. The highest BCUT2D eigenvalue weighted by atomic mass is 32.2. The van der Waals surface area contributed by atoms with Gasteiger partial charge in [-0.1, -0.05) is 36.7 Å². The number of benzene rings is 1. The predicted molar refractivity (Wildman–Crippen MR) is 85.7 cm³/mol. The molecule has 2 aliphatic rings. The number of nitrogens with zero attached hydrogens (tertiary/aromatic N) is 1. The molecule has 4 heteroatoms. The van der Waals surface area contributed by atoms with Crippen LogP contribution in [0.1, 0.15) is 31.2 Å². The Labute approximate surface area is 125 Å². The Bertz CT molecular complexity index is 489. The van der Waals surface area contributed by atoms with E-state index in [1.165, 1.54) is 31.2 Å². The van der Waals surface area contributed by atoms with Crippen LogP contribution in [0.5, 0.6) is 5.75 Å². The number of hydrogen-bond donors (Lipinski definition) is 1. The zero-order valence-corrected chi connectivity index (χ0v) is 12.8. The second kappa shape index (κ2) is 6.53. The largest absolute Gasteiger partial charge is 0.493 e. The zero-order valence-electron chi connectivity index (χ0n) is 12.0. The molecule has 1 fully saturated rings. The number of rotatable bonds is 4. The van der Waals surface area contributed by atoms with E-state index in [0.29, 0.717) is 12.1 Å². The fourth-order valence-corrected chi connectivity index (χ4v) is 3.67. The Kier molecular flexibility index (Phi) is 4.51. The summed E-state index contributed by atoms with van der Waals surface area (Å²) in [5.41, 5.74) is 1.24. The zero-order chi connectivity index (χ0) is 13.8. The monoisotopic (exact) mass is 290 g/mol. The van der Waals surface area contributed by atoms with E-state index in [4.69, 9.17) is 9.73 Å². The van der Waals surface area contributed by atoms with Gasteiger partial charge in [0.2, 0.25) is 0 Å². The molecule has 1 N–H and O–H groups in total. The summed E-state index contributed by atoms with van der Waals surface area (Å²) >= 11 is 1.79. The fraction of sp³-hybridized carbons (Fsp3) is 0.562. The minimum absolute atomic E-state index is 0.531. The topological polar surface area (TPSA) is 33.6 Å². The first-order chi connectivity index (χ1) is 9.81. The number of aryl methyl sites for hydroxylation is 1. The Morgan fingerprint density at radius 2 is 2.25 bits per heavy atom. The van der Waals surface area contributed by atoms with E-state index in [2.05, 4.69) is 24.4 Å². The third-order valence-corrected chi connectivity index (χ3v) is 4.77. The van der Waals surface area contributed by atoms with Crippen LogP contribution in [-0.4, -0.2) is 29.6 Å². The molecule has 1 aromatic carbocycles. The van der Waals surface area contributed by atoms with Crippen LogP contribution in [0.3, 0.4) is 0 Å². The van der Waals surface area contributed by atoms with Gasteiger partial charge in [0.15, 0.2) is 5.17 Å². The van der Waals surface area contributed by atoms with Gasteiger partial charge in [0.05, 0.1) is 18.7 Å². The fourth-order valence-electron chi connectivity index (χ4n) is 2.86. The third kappa shape index (κ3) is 3.48. The van der Waals surface area contributed by atoms with Crippen LogP contribution in [0.15, 0.2) is 29.3 Å². The number of hydrogen-bond acceptors (Lipinski definition) is 4. The number of thioether (sulfide) groups is 1. The van der Waals surface area contributed by atoms with Gasteiger partial charge in [-0.15, -0.1) is 0 Å². The molecule has 0 unspecified atom stereocenters. The molecule has 108 valence electrons. The third-order valence-electron chi connectivity index (χ3n) is 3.90. The molecule has 1 heterocycles. The second-order valence-electron chi connectivity index (χ2n) is 5.55. The lowest BCUT2D eigenvalue weighted by molar-refractivity contribution is 0.344. The van der Waals surface area contributed by atoms with Crippen molar-refractivity contribution < 1.29 is 4.74 Å². The molecule has 1 aromatic rings. The first-order valence-electron chi connectivity index (χ1n) is 7.48. The minimum atomic E-state index is 0.531. The lowest BCUT2D eigenvalue weighted by Crippen LogP contribution is -2.36. The molecule has 20 heavy (non-hydrogen) atoms. The molecule has 0 spiro atoms. The van der Waals surface area contributed by atoms with Gasteiger partial charge in [-0.05, 0) is 37.5 Å². The predicted octanol–water partition coefficient (Wildman–Crippen LogP) is 3.38. The lowest BCUT2D eigenvalue weighted by Gasteiger charge is -2.23. The maximum Gasteiger partial charge on any atom is 0.157 e. The summed E-state index contributed by atoms with van der Waals surface area (Å²) in [7, 11) is 0. The van der Waals surface area contributed by atoms with Crippen molar-refractivity contribution in [3.8, 4) is 5.75 Å². The molecule has 1 saturated carbocycles. The van der Waals surface area contributed by atoms with Gasteiger partial charge in [0.25, 0.3) is 0 Å². The average Bonchev–Trinajstić information content (AvgIpc) is 2.86. The van der Waals surface area contributed by atoms with Crippen LogP contribution in [0.2, 0.25) is 0 Å². The van der Waals surface area contributed by atoms with Gasteiger partial charge in [-0.2, -0.15) is 0 Å². The lowest BCUT2D eigenvalue weighted by atomic mass is 9.92. The van der Waals surface area contributed by atoms with Crippen LogP contribution >= 0.6 is 11.8 Å². The van der Waals surface area contributed by atoms with Crippen LogP contribution in [0.4, 0.5) is 0 Å². The molecule has 0 saturated heterocycles. The molecule has 0 bridgehead atoms. The molecular formula is C16H22N2OS. The van der Waals surface area contributed by atoms with Crippen LogP contribution in [-0.2, 0) is 0 Å². The quantitative estimate of drug-likeness (QED) is 0.863. The molecule has 3 nitrogen and oxygen atoms in total. The highest BCUT2D eigenvalue weighted by molar-refractivity contribution is 8.13. The van der Waals surface area contributed by atoms with Crippen molar-refractivity contribution in [1.29, 1.82) is 0 Å². The van der Waals surface area contributed by atoms with E-state index in [-0.39, 0.29) is 0 Å². The van der Waals surface area contributed by atoms with E-state index < -0.39 is 0 Å². The smallest absolute Gasteiger partial charge is 0.157 e. The van der Waals surface area contributed by atoms with Crippen molar-refractivity contribution >= 4 is 16.9 Å². The van der Waals surface area contributed by atoms with Crippen molar-refractivity contribution in [1.82, 2.24) is 5.32 Å². The number of amidine groups is 1. The molecule has 1 aliphatic heterocycles. The van der Waals surface area contributed by atoms with Gasteiger partial charge < -0.3 is 10.1 Å². The highest BCUT2D eigenvalue weighted by Crippen LogP contribution is 2.27. The summed E-state index contributed by atoms with van der Waals surface area (Å²) in [6.07, 6.45) is 5.21. The van der Waals surface area contributed by atoms with Gasteiger partial charge in [-0.3, -0.25) is 4.99 Å². The van der Waals surface area contributed by atoms with Gasteiger partial charge >= 0.3 is 0 Å². The highest BCUT2D eigenvalue weighted by Gasteiger charge is 2.30. The summed E-state index contributed by atoms with van der Waals surface area (Å²) in [4.78, 5) is 4.78. The Morgan fingerprint density at radius 3 is 3.10 bits per heavy atom. The van der Waals surface area contributed by atoms with Crippen LogP contribution in [0, 0.1) is 6.92 Å². The number of nitrogens with one attached hydrogen (secondary N) is 1. The van der Waals surface area contributed by atoms with Crippen molar-refractivity contribution in [3.05, 3.63) is 29.8 Å². The first kappa shape index (κ1) is 13.8. The van der Waals surface area contributed by atoms with E-state index >= 15 is 0 Å². The molecule has 2 atom stereocenters. The van der Waals surface area contributed by atoms with Crippen LogP contribution < -0.4 is 10.1 Å². The summed E-state index contributed by atoms with van der Waals surface area (Å²) in [6, 6.07) is 9.33. The Hall–Kier alpha value is -1.16. The van der Waals surface area contributed by atoms with Crippen molar-refractivity contribution in [2.24, 2.45) is 4.99 Å². The first-order valence-corrected chi connectivity index (χ1v) is 8.46. The Morgan fingerprint density at radius 1 is 1.35 bits per heavy atom. The maximum absolute atomic E-state index is 5.76. The van der Waals surface area contributed by atoms with Crippen molar-refractivity contribution in [2.75, 3.05) is 12.4 Å². The van der Waals surface area contributed by atoms with Gasteiger partial charge in [-0.25, -0.2) is 0 Å². The molecule has 3 rings (SSSR count). The van der Waals surface area contributed by atoms with Gasteiger partial charge in [0, 0.05) is 5.75 Å². The van der Waals surface area contributed by atoms with Crippen LogP contribution in [0.25, 0.3) is 0 Å². The maximum atomic E-state index is 5.76. The second-order valence-corrected chi connectivity index (χ2v) is 6.63. The van der Waals surface area contributed by atoms with E-state index in [1.807, 2.05) is 12.1 Å². The molecule has 0 aromatic heterocycles. The SMILES string of the molecule is Cc1cccc(OCCSC2=N[C@@H]3CCCC[C@H]3N2)c1. The average molecular weight is 290 g/mol. The summed E-state index contributed by atoms with van der Waals surface area (Å²) < 4.78 is 5.76. The number of fused-ring (bicyclic) bond motifs is 1. The minimum Gasteiger partial charge on any atom is -0.493 e. The van der Waals surface area contributed by atoms with Crippen molar-refractivity contribution in [3.63, 3.8) is 0 Å². The standard InChI is InChI=1S/C16H22N2OS/c1-12-5-4-6-13(11-12)19-9-10-20-16-17-14-7-2-3-8-15(14)18-16/h4-6,11,14-15H,2-3,7-10H2,1H3,(H,17,18)/t14-,15-/m1/s1. The molecule has 1 aliphatic carbocycles. The van der Waals surface area contributed by atoms with Gasteiger partial charge in [0.1, 0.15) is 5.75 Å². The van der Waals surface area contributed by atoms with E-state index in [1.54, 1.807) is 11.8 Å². The Balaban J connectivity index is 1.40. The molecule has 0 amide bonds. The molecule has 0 radical (unpaired) electrons.